The Labute approximate surface area is 169 Å². The summed E-state index contributed by atoms with van der Waals surface area (Å²) in [7, 11) is 1.67. The summed E-state index contributed by atoms with van der Waals surface area (Å²) in [6.45, 7) is 8.26. The van der Waals surface area contributed by atoms with E-state index in [0.29, 0.717) is 12.6 Å². The Bertz CT molecular complexity index is 745. The van der Waals surface area contributed by atoms with E-state index < -0.39 is 0 Å². The summed E-state index contributed by atoms with van der Waals surface area (Å²) in [5.41, 5.74) is 4.16. The Morgan fingerprint density at radius 3 is 2.68 bits per heavy atom. The van der Waals surface area contributed by atoms with E-state index in [1.807, 2.05) is 13.0 Å². The molecule has 1 aromatic rings. The molecule has 0 bridgehead atoms. The standard InChI is InChI=1S/C23H33N3O2/c1-4-19-13-18-14-22(28-5-2)21(27-3)15-20(18)23(25-19)17(16-24)9-8-12-26-10-6-7-11-26/h14-15,19,25H,4-13H2,1-3H3/b23-17-. The van der Waals surface area contributed by atoms with Gasteiger partial charge in [-0.1, -0.05) is 6.92 Å². The normalized spacial score (nSPS) is 20.9. The van der Waals surface area contributed by atoms with Gasteiger partial charge in [0.2, 0.25) is 0 Å². The third-order valence-corrected chi connectivity index (χ3v) is 5.80. The van der Waals surface area contributed by atoms with Crippen LogP contribution in [0.15, 0.2) is 17.7 Å². The van der Waals surface area contributed by atoms with E-state index >= 15 is 0 Å². The maximum atomic E-state index is 9.90. The van der Waals surface area contributed by atoms with Crippen molar-refractivity contribution in [3.63, 3.8) is 0 Å². The third-order valence-electron chi connectivity index (χ3n) is 5.80. The van der Waals surface area contributed by atoms with E-state index in [-0.39, 0.29) is 0 Å². The number of fused-ring (bicyclic) bond motifs is 1. The molecule has 0 amide bonds. The first-order valence-electron chi connectivity index (χ1n) is 10.7. The van der Waals surface area contributed by atoms with Gasteiger partial charge < -0.3 is 19.7 Å². The Hall–Kier alpha value is -2.19. The molecule has 0 aromatic heterocycles. The van der Waals surface area contributed by atoms with Crippen LogP contribution < -0.4 is 14.8 Å². The molecule has 1 unspecified atom stereocenters. The number of nitrogens with zero attached hydrogens (tertiary/aromatic N) is 2. The zero-order valence-electron chi connectivity index (χ0n) is 17.5. The van der Waals surface area contributed by atoms with Gasteiger partial charge in [0.05, 0.1) is 31.1 Å². The Kier molecular flexibility index (Phi) is 7.22. The summed E-state index contributed by atoms with van der Waals surface area (Å²) < 4.78 is 11.3. The summed E-state index contributed by atoms with van der Waals surface area (Å²) >= 11 is 0. The van der Waals surface area contributed by atoms with Crippen LogP contribution in [0, 0.1) is 11.3 Å². The molecule has 2 aliphatic heterocycles. The van der Waals surface area contributed by atoms with Gasteiger partial charge in [-0.2, -0.15) is 5.26 Å². The molecule has 152 valence electrons. The predicted octanol–water partition coefficient (Wildman–Crippen LogP) is 4.13. The van der Waals surface area contributed by atoms with Crippen molar-refractivity contribution in [3.05, 3.63) is 28.8 Å². The molecule has 3 rings (SSSR count). The van der Waals surface area contributed by atoms with Gasteiger partial charge in [0.15, 0.2) is 11.5 Å². The van der Waals surface area contributed by atoms with Crippen molar-refractivity contribution in [1.29, 1.82) is 5.26 Å². The first kappa shape index (κ1) is 20.5. The molecule has 1 aromatic carbocycles. The minimum Gasteiger partial charge on any atom is -0.493 e. The summed E-state index contributed by atoms with van der Waals surface area (Å²) in [6.07, 6.45) is 6.40. The average Bonchev–Trinajstić information content (AvgIpc) is 3.23. The zero-order chi connectivity index (χ0) is 19.9. The predicted molar refractivity (Wildman–Crippen MR) is 113 cm³/mol. The van der Waals surface area contributed by atoms with E-state index in [2.05, 4.69) is 29.3 Å². The topological polar surface area (TPSA) is 57.5 Å². The Morgan fingerprint density at radius 1 is 1.25 bits per heavy atom. The molecule has 1 N–H and O–H groups in total. The molecule has 0 spiro atoms. The average molecular weight is 384 g/mol. The number of benzene rings is 1. The molecule has 28 heavy (non-hydrogen) atoms. The summed E-state index contributed by atoms with van der Waals surface area (Å²) in [5.74, 6) is 1.51. The quantitative estimate of drug-likeness (QED) is 0.684. The first-order valence-corrected chi connectivity index (χ1v) is 10.7. The highest BCUT2D eigenvalue weighted by Gasteiger charge is 2.25. The lowest BCUT2D eigenvalue weighted by Crippen LogP contribution is -2.35. The van der Waals surface area contributed by atoms with Crippen LogP contribution in [0.25, 0.3) is 5.70 Å². The van der Waals surface area contributed by atoms with E-state index in [0.717, 1.165) is 60.6 Å². The molecule has 1 atom stereocenters. The van der Waals surface area contributed by atoms with Crippen LogP contribution in [0.4, 0.5) is 0 Å². The van der Waals surface area contributed by atoms with Crippen molar-refractivity contribution in [3.8, 4) is 17.6 Å². The molecule has 2 aliphatic rings. The van der Waals surface area contributed by atoms with E-state index in [1.165, 1.54) is 31.5 Å². The highest BCUT2D eigenvalue weighted by atomic mass is 16.5. The van der Waals surface area contributed by atoms with Crippen molar-refractivity contribution in [2.24, 2.45) is 0 Å². The molecule has 1 saturated heterocycles. The van der Waals surface area contributed by atoms with Crippen molar-refractivity contribution in [2.75, 3.05) is 33.4 Å². The number of likely N-dealkylation sites (tertiary alicyclic amines) is 1. The lowest BCUT2D eigenvalue weighted by atomic mass is 9.89. The second-order valence-corrected chi connectivity index (χ2v) is 7.66. The van der Waals surface area contributed by atoms with Crippen molar-refractivity contribution in [2.45, 2.75) is 58.4 Å². The SMILES string of the molecule is CCOc1cc2c(cc1OC)/C(=C(/C#N)CCCN1CCCC1)NC(CC)C2. The number of methoxy groups -OCH3 is 1. The van der Waals surface area contributed by atoms with Crippen LogP contribution in [0.1, 0.15) is 57.1 Å². The maximum absolute atomic E-state index is 9.90. The molecule has 2 heterocycles. The maximum Gasteiger partial charge on any atom is 0.161 e. The monoisotopic (exact) mass is 383 g/mol. The largest absolute Gasteiger partial charge is 0.493 e. The molecular formula is C23H33N3O2. The number of nitriles is 1. The minimum absolute atomic E-state index is 0.340. The van der Waals surface area contributed by atoms with Crippen LogP contribution in [-0.2, 0) is 6.42 Å². The highest BCUT2D eigenvalue weighted by molar-refractivity contribution is 5.76. The highest BCUT2D eigenvalue weighted by Crippen LogP contribution is 2.38. The van der Waals surface area contributed by atoms with Gasteiger partial charge in [0.25, 0.3) is 0 Å². The molecule has 1 fully saturated rings. The van der Waals surface area contributed by atoms with Crippen molar-refractivity contribution in [1.82, 2.24) is 10.2 Å². The fourth-order valence-electron chi connectivity index (χ4n) is 4.25. The smallest absolute Gasteiger partial charge is 0.161 e. The number of hydrogen-bond donors (Lipinski definition) is 1. The van der Waals surface area contributed by atoms with Gasteiger partial charge in [-0.3, -0.25) is 0 Å². The van der Waals surface area contributed by atoms with Crippen molar-refractivity contribution >= 4 is 5.70 Å². The molecule has 5 heteroatoms. The minimum atomic E-state index is 0.340. The second kappa shape index (κ2) is 9.84. The number of hydrogen-bond acceptors (Lipinski definition) is 5. The molecule has 0 aliphatic carbocycles. The molecule has 0 saturated carbocycles. The van der Waals surface area contributed by atoms with Crippen molar-refractivity contribution < 1.29 is 9.47 Å². The van der Waals surface area contributed by atoms with Gasteiger partial charge in [-0.25, -0.2) is 0 Å². The van der Waals surface area contributed by atoms with Crippen LogP contribution >= 0.6 is 0 Å². The van der Waals surface area contributed by atoms with Gasteiger partial charge >= 0.3 is 0 Å². The number of nitrogens with one attached hydrogen (secondary N) is 1. The fraction of sp³-hybridized carbons (Fsp3) is 0.609. The Balaban J connectivity index is 1.90. The van der Waals surface area contributed by atoms with Gasteiger partial charge in [-0.15, -0.1) is 0 Å². The van der Waals surface area contributed by atoms with Gasteiger partial charge in [0.1, 0.15) is 0 Å². The number of allylic oxidation sites excluding steroid dienone is 1. The van der Waals surface area contributed by atoms with E-state index in [4.69, 9.17) is 9.47 Å². The van der Waals surface area contributed by atoms with Crippen LogP contribution in [0.2, 0.25) is 0 Å². The number of rotatable bonds is 8. The summed E-state index contributed by atoms with van der Waals surface area (Å²) in [6, 6.07) is 6.96. The molecule has 0 radical (unpaired) electrons. The zero-order valence-corrected chi connectivity index (χ0v) is 17.5. The van der Waals surface area contributed by atoms with Gasteiger partial charge in [0, 0.05) is 11.6 Å². The Morgan fingerprint density at radius 2 is 2.04 bits per heavy atom. The van der Waals surface area contributed by atoms with E-state index in [9.17, 15) is 5.26 Å². The van der Waals surface area contributed by atoms with Crippen LogP contribution in [0.5, 0.6) is 11.5 Å². The van der Waals surface area contributed by atoms with Crippen LogP contribution in [0.3, 0.4) is 0 Å². The molecule has 5 nitrogen and oxygen atoms in total. The first-order chi connectivity index (χ1) is 13.7. The molecular weight excluding hydrogens is 350 g/mol. The number of ether oxygens (including phenoxy) is 2. The summed E-state index contributed by atoms with van der Waals surface area (Å²) in [4.78, 5) is 2.51. The third kappa shape index (κ3) is 4.62. The lowest BCUT2D eigenvalue weighted by Gasteiger charge is -2.30. The fourth-order valence-corrected chi connectivity index (χ4v) is 4.25. The summed E-state index contributed by atoms with van der Waals surface area (Å²) in [5, 5.41) is 13.5. The second-order valence-electron chi connectivity index (χ2n) is 7.66. The lowest BCUT2D eigenvalue weighted by molar-refractivity contribution is 0.310. The van der Waals surface area contributed by atoms with Crippen LogP contribution in [-0.4, -0.2) is 44.3 Å². The van der Waals surface area contributed by atoms with Gasteiger partial charge in [-0.05, 0) is 82.8 Å². The van der Waals surface area contributed by atoms with E-state index in [1.54, 1.807) is 7.11 Å².